The van der Waals surface area contributed by atoms with Crippen molar-refractivity contribution in [3.05, 3.63) is 54.1 Å². The Morgan fingerprint density at radius 2 is 1.95 bits per heavy atom. The number of nitrogens with two attached hydrogens (primary N) is 1. The highest BCUT2D eigenvalue weighted by Crippen LogP contribution is 2.28. The van der Waals surface area contributed by atoms with E-state index in [1.807, 2.05) is 0 Å². The van der Waals surface area contributed by atoms with Crippen LogP contribution in [0, 0.1) is 5.82 Å². The molecule has 7 heteroatoms. The lowest BCUT2D eigenvalue weighted by Gasteiger charge is -2.05. The number of halogens is 1. The molecule has 110 valence electrons. The number of fused-ring (bicyclic) bond motifs is 1. The predicted molar refractivity (Wildman–Crippen MR) is 77.1 cm³/mol. The molecule has 1 amide bonds. The number of carboxylic acid groups (broad SMARTS) is 1. The summed E-state index contributed by atoms with van der Waals surface area (Å²) < 4.78 is 14.3. The summed E-state index contributed by atoms with van der Waals surface area (Å²) >= 11 is 0. The molecule has 0 aliphatic carbocycles. The molecule has 22 heavy (non-hydrogen) atoms. The van der Waals surface area contributed by atoms with Gasteiger partial charge in [0.2, 0.25) is 0 Å². The predicted octanol–water partition coefficient (Wildman–Crippen LogP) is 2.47. The lowest BCUT2D eigenvalue weighted by atomic mass is 10.2. The van der Waals surface area contributed by atoms with Gasteiger partial charge in [-0.15, -0.1) is 0 Å². The Labute approximate surface area is 123 Å². The third kappa shape index (κ3) is 2.18. The Kier molecular flexibility index (Phi) is 3.10. The van der Waals surface area contributed by atoms with Crippen molar-refractivity contribution in [3.8, 4) is 11.3 Å². The molecule has 3 N–H and O–H groups in total. The molecule has 2 heterocycles. The molecule has 3 rings (SSSR count). The molecule has 0 aliphatic heterocycles. The van der Waals surface area contributed by atoms with Crippen LogP contribution in [0.5, 0.6) is 0 Å². The molecule has 1 aromatic carbocycles. The van der Waals surface area contributed by atoms with Gasteiger partial charge in [-0.2, -0.15) is 0 Å². The molecule has 0 atom stereocenters. The standard InChI is InChI=1S/C15H10FN3O3/c16-10-2-4-12-9(5-10)6-13(19(12)15(21)22)8-1-3-11(14(17)20)18-7-8/h1-7H,(H2,17,20)(H,21,22). The van der Waals surface area contributed by atoms with E-state index in [0.717, 1.165) is 4.57 Å². The van der Waals surface area contributed by atoms with Gasteiger partial charge in [-0.25, -0.2) is 13.8 Å². The van der Waals surface area contributed by atoms with Gasteiger partial charge in [-0.3, -0.25) is 9.78 Å². The van der Waals surface area contributed by atoms with Crippen molar-refractivity contribution in [3.63, 3.8) is 0 Å². The SMILES string of the molecule is NC(=O)c1ccc(-c2cc3cc(F)ccc3n2C(=O)O)cn1. The Hall–Kier alpha value is -3.22. The fourth-order valence-corrected chi connectivity index (χ4v) is 2.30. The average molecular weight is 299 g/mol. The highest BCUT2D eigenvalue weighted by atomic mass is 19.1. The molecule has 0 spiro atoms. The molecule has 0 unspecified atom stereocenters. The number of carbonyl (C=O) groups is 2. The van der Waals surface area contributed by atoms with Crippen LogP contribution >= 0.6 is 0 Å². The highest BCUT2D eigenvalue weighted by molar-refractivity contribution is 5.96. The second-order valence-corrected chi connectivity index (χ2v) is 4.65. The number of carbonyl (C=O) groups excluding carboxylic acids is 1. The number of hydrogen-bond donors (Lipinski definition) is 2. The van der Waals surface area contributed by atoms with E-state index in [9.17, 15) is 19.1 Å². The Morgan fingerprint density at radius 3 is 2.55 bits per heavy atom. The number of nitrogens with zero attached hydrogens (tertiary/aromatic N) is 2. The number of aromatic nitrogens is 2. The first-order valence-electron chi connectivity index (χ1n) is 6.28. The fourth-order valence-electron chi connectivity index (χ4n) is 2.30. The quantitative estimate of drug-likeness (QED) is 0.759. The van der Waals surface area contributed by atoms with Crippen molar-refractivity contribution in [2.45, 2.75) is 0 Å². The van der Waals surface area contributed by atoms with Crippen molar-refractivity contribution < 1.29 is 19.1 Å². The Balaban J connectivity index is 2.23. The van der Waals surface area contributed by atoms with E-state index in [0.29, 0.717) is 22.2 Å². The van der Waals surface area contributed by atoms with Crippen LogP contribution in [-0.2, 0) is 0 Å². The first-order valence-corrected chi connectivity index (χ1v) is 6.28. The maximum absolute atomic E-state index is 13.3. The van der Waals surface area contributed by atoms with Gasteiger partial charge in [-0.05, 0) is 36.4 Å². The summed E-state index contributed by atoms with van der Waals surface area (Å²) in [6.45, 7) is 0. The van der Waals surface area contributed by atoms with E-state index in [2.05, 4.69) is 4.98 Å². The topological polar surface area (TPSA) is 98.2 Å². The van der Waals surface area contributed by atoms with Gasteiger partial charge in [0.15, 0.2) is 0 Å². The van der Waals surface area contributed by atoms with Crippen LogP contribution in [0.25, 0.3) is 22.2 Å². The van der Waals surface area contributed by atoms with Gasteiger partial charge >= 0.3 is 6.09 Å². The van der Waals surface area contributed by atoms with Crippen molar-refractivity contribution in [2.75, 3.05) is 0 Å². The van der Waals surface area contributed by atoms with Crippen LogP contribution in [0.15, 0.2) is 42.6 Å². The molecule has 0 saturated carbocycles. The number of rotatable bonds is 2. The summed E-state index contributed by atoms with van der Waals surface area (Å²) in [5, 5.41) is 9.86. The zero-order valence-electron chi connectivity index (χ0n) is 11.2. The summed E-state index contributed by atoms with van der Waals surface area (Å²) in [6.07, 6.45) is 0.153. The number of primary amides is 1. The van der Waals surface area contributed by atoms with Crippen LogP contribution in [0.4, 0.5) is 9.18 Å². The van der Waals surface area contributed by atoms with Gasteiger partial charge < -0.3 is 10.8 Å². The lowest BCUT2D eigenvalue weighted by molar-refractivity contribution is 0.0995. The minimum Gasteiger partial charge on any atom is -0.464 e. The average Bonchev–Trinajstić information content (AvgIpc) is 2.85. The molecule has 0 aliphatic rings. The van der Waals surface area contributed by atoms with Gasteiger partial charge in [-0.1, -0.05) is 0 Å². The summed E-state index contributed by atoms with van der Waals surface area (Å²) in [6, 6.07) is 8.34. The van der Waals surface area contributed by atoms with Gasteiger partial charge in [0.25, 0.3) is 5.91 Å². The van der Waals surface area contributed by atoms with E-state index in [1.54, 1.807) is 6.07 Å². The number of hydrogen-bond acceptors (Lipinski definition) is 3. The summed E-state index contributed by atoms with van der Waals surface area (Å²) in [5.74, 6) is -1.13. The van der Waals surface area contributed by atoms with Crippen LogP contribution in [0.1, 0.15) is 10.5 Å². The van der Waals surface area contributed by atoms with Crippen LogP contribution < -0.4 is 5.73 Å². The molecule has 6 nitrogen and oxygen atoms in total. The molecular formula is C15H10FN3O3. The second-order valence-electron chi connectivity index (χ2n) is 4.65. The minimum absolute atomic E-state index is 0.0766. The van der Waals surface area contributed by atoms with E-state index >= 15 is 0 Å². The summed E-state index contributed by atoms with van der Waals surface area (Å²) in [5.41, 5.74) is 6.36. The largest absolute Gasteiger partial charge is 0.464 e. The Morgan fingerprint density at radius 1 is 1.18 bits per heavy atom. The third-order valence-electron chi connectivity index (χ3n) is 3.27. The first-order chi connectivity index (χ1) is 10.5. The zero-order chi connectivity index (χ0) is 15.9. The van der Waals surface area contributed by atoms with Crippen molar-refractivity contribution >= 4 is 22.9 Å². The molecule has 0 radical (unpaired) electrons. The zero-order valence-corrected chi connectivity index (χ0v) is 11.2. The number of benzene rings is 1. The Bertz CT molecular complexity index is 900. The number of amides is 1. The lowest BCUT2D eigenvalue weighted by Crippen LogP contribution is -2.13. The van der Waals surface area contributed by atoms with E-state index < -0.39 is 17.8 Å². The maximum Gasteiger partial charge on any atom is 0.416 e. The van der Waals surface area contributed by atoms with Gasteiger partial charge in [0.1, 0.15) is 11.5 Å². The molecular weight excluding hydrogens is 289 g/mol. The van der Waals surface area contributed by atoms with Gasteiger partial charge in [0.05, 0.1) is 11.2 Å². The molecule has 2 aromatic heterocycles. The molecule has 0 saturated heterocycles. The summed E-state index contributed by atoms with van der Waals surface area (Å²) in [4.78, 5) is 26.4. The number of pyridine rings is 1. The first kappa shape index (κ1) is 13.7. The molecule has 3 aromatic rings. The van der Waals surface area contributed by atoms with Crippen molar-refractivity contribution in [1.29, 1.82) is 0 Å². The second kappa shape index (κ2) is 4.96. The van der Waals surface area contributed by atoms with Crippen molar-refractivity contribution in [2.24, 2.45) is 5.73 Å². The van der Waals surface area contributed by atoms with E-state index in [-0.39, 0.29) is 5.69 Å². The minimum atomic E-state index is -1.20. The molecule has 0 bridgehead atoms. The van der Waals surface area contributed by atoms with Crippen LogP contribution in [-0.4, -0.2) is 26.7 Å². The van der Waals surface area contributed by atoms with E-state index in [1.165, 1.54) is 36.5 Å². The van der Waals surface area contributed by atoms with Gasteiger partial charge in [0, 0.05) is 17.1 Å². The van der Waals surface area contributed by atoms with Crippen LogP contribution in [0.3, 0.4) is 0 Å². The molecule has 0 fully saturated rings. The maximum atomic E-state index is 13.3. The van der Waals surface area contributed by atoms with Crippen LogP contribution in [0.2, 0.25) is 0 Å². The normalized spacial score (nSPS) is 10.8. The van der Waals surface area contributed by atoms with E-state index in [4.69, 9.17) is 5.73 Å². The highest BCUT2D eigenvalue weighted by Gasteiger charge is 2.16. The summed E-state index contributed by atoms with van der Waals surface area (Å²) in [7, 11) is 0. The smallest absolute Gasteiger partial charge is 0.416 e. The fraction of sp³-hybridized carbons (Fsp3) is 0. The third-order valence-corrected chi connectivity index (χ3v) is 3.27. The monoisotopic (exact) mass is 299 g/mol. The van der Waals surface area contributed by atoms with Crippen molar-refractivity contribution in [1.82, 2.24) is 9.55 Å².